The summed E-state index contributed by atoms with van der Waals surface area (Å²) < 4.78 is 31.7. The minimum absolute atomic E-state index is 0.00977. The number of Topliss-reactive ketones (excluding diaryl/α,β-unsaturated/α-hetero) is 1. The molecule has 0 fully saturated rings. The van der Waals surface area contributed by atoms with E-state index in [0.717, 1.165) is 12.8 Å². The van der Waals surface area contributed by atoms with Gasteiger partial charge in [-0.3, -0.25) is 9.59 Å². The maximum absolute atomic E-state index is 12.4. The number of nitrogens with zero attached hydrogens (tertiary/aromatic N) is 1. The van der Waals surface area contributed by atoms with Crippen LogP contribution in [0.1, 0.15) is 44.2 Å². The van der Waals surface area contributed by atoms with Crippen molar-refractivity contribution in [2.24, 2.45) is 11.7 Å². The maximum atomic E-state index is 12.4. The van der Waals surface area contributed by atoms with Crippen molar-refractivity contribution in [2.45, 2.75) is 58.4 Å². The van der Waals surface area contributed by atoms with E-state index < -0.39 is 18.2 Å². The number of nitrogens with two attached hydrogens (primary N) is 1. The first kappa shape index (κ1) is 25.4. The van der Waals surface area contributed by atoms with Crippen LogP contribution in [0, 0.1) is 5.92 Å². The number of amides is 1. The Balaban J connectivity index is 0.000000553. The molecular formula is C21H27F3N2O4. The first-order valence-corrected chi connectivity index (χ1v) is 9.58. The van der Waals surface area contributed by atoms with Crippen LogP contribution in [0.15, 0.2) is 36.4 Å². The molecule has 0 bridgehead atoms. The predicted octanol–water partition coefficient (Wildman–Crippen LogP) is 3.44. The summed E-state index contributed by atoms with van der Waals surface area (Å²) in [5, 5.41) is 7.12. The molecule has 0 saturated carbocycles. The molecule has 0 saturated heterocycles. The molecule has 30 heavy (non-hydrogen) atoms. The molecule has 0 aliphatic carbocycles. The third kappa shape index (κ3) is 8.36. The summed E-state index contributed by atoms with van der Waals surface area (Å²) in [6.07, 6.45) is 0.707. The molecule has 1 aliphatic rings. The molecule has 1 aromatic carbocycles. The van der Waals surface area contributed by atoms with Crippen LogP contribution in [0.5, 0.6) is 0 Å². The minimum atomic E-state index is -5.08. The lowest BCUT2D eigenvalue weighted by Gasteiger charge is -2.15. The van der Waals surface area contributed by atoms with Crippen LogP contribution in [0.4, 0.5) is 13.2 Å². The molecule has 0 radical (unpaired) electrons. The van der Waals surface area contributed by atoms with E-state index in [2.05, 4.69) is 19.1 Å². The summed E-state index contributed by atoms with van der Waals surface area (Å²) in [7, 11) is 0. The lowest BCUT2D eigenvalue weighted by molar-refractivity contribution is -0.192. The number of carbonyl (C=O) groups is 3. The van der Waals surface area contributed by atoms with Gasteiger partial charge >= 0.3 is 12.1 Å². The molecule has 3 N–H and O–H groups in total. The second-order valence-electron chi connectivity index (χ2n) is 7.13. The van der Waals surface area contributed by atoms with E-state index in [4.69, 9.17) is 15.6 Å². The third-order valence-corrected chi connectivity index (χ3v) is 4.54. The minimum Gasteiger partial charge on any atom is -0.475 e. The van der Waals surface area contributed by atoms with Gasteiger partial charge in [-0.2, -0.15) is 13.2 Å². The number of hydrogen-bond acceptors (Lipinski definition) is 4. The van der Waals surface area contributed by atoms with E-state index in [0.29, 0.717) is 19.5 Å². The molecule has 9 heteroatoms. The van der Waals surface area contributed by atoms with E-state index in [1.54, 1.807) is 13.0 Å². The molecule has 1 aliphatic heterocycles. The summed E-state index contributed by atoms with van der Waals surface area (Å²) >= 11 is 0. The highest BCUT2D eigenvalue weighted by Gasteiger charge is 2.38. The Morgan fingerprint density at radius 3 is 2.10 bits per heavy atom. The number of carboxylic acids is 1. The van der Waals surface area contributed by atoms with Gasteiger partial charge in [0.05, 0.1) is 6.04 Å². The Kier molecular flexibility index (Phi) is 9.71. The van der Waals surface area contributed by atoms with Gasteiger partial charge in [-0.15, -0.1) is 0 Å². The molecule has 0 aromatic heterocycles. The zero-order valence-electron chi connectivity index (χ0n) is 17.0. The average Bonchev–Trinajstić information content (AvgIpc) is 3.10. The van der Waals surface area contributed by atoms with Crippen LogP contribution >= 0.6 is 0 Å². The standard InChI is InChI=1S/C19H26N2O2.C2HF3O2/c1-3-6-15(11-18(22)14(2)20)9-10-19(23)21-12-16-7-4-5-8-17(16)13-21;3-2(4,5)1(6)7/h4-5,7-10,14-15H,3,6,11-13,20H2,1-2H3;(H,6,7)/b10-9+;/t14-,15-;/m0./s1. The largest absolute Gasteiger partial charge is 0.490 e. The summed E-state index contributed by atoms with van der Waals surface area (Å²) in [6.45, 7) is 5.12. The zero-order chi connectivity index (χ0) is 22.9. The lowest BCUT2D eigenvalue weighted by atomic mass is 9.94. The number of aliphatic carboxylic acids is 1. The monoisotopic (exact) mass is 428 g/mol. The molecule has 166 valence electrons. The number of fused-ring (bicyclic) bond motifs is 1. The quantitative estimate of drug-likeness (QED) is 0.648. The first-order chi connectivity index (χ1) is 14.0. The lowest BCUT2D eigenvalue weighted by Crippen LogP contribution is -2.28. The van der Waals surface area contributed by atoms with Gasteiger partial charge < -0.3 is 15.7 Å². The Morgan fingerprint density at radius 2 is 1.70 bits per heavy atom. The van der Waals surface area contributed by atoms with Gasteiger partial charge in [-0.05, 0) is 36.5 Å². The number of benzene rings is 1. The number of hydrogen-bond donors (Lipinski definition) is 2. The van der Waals surface area contributed by atoms with Crippen LogP contribution in [-0.4, -0.2) is 39.9 Å². The van der Waals surface area contributed by atoms with Gasteiger partial charge in [0.1, 0.15) is 5.78 Å². The summed E-state index contributed by atoms with van der Waals surface area (Å²) in [6, 6.07) is 7.69. The van der Waals surface area contributed by atoms with Crippen LogP contribution < -0.4 is 5.73 Å². The van der Waals surface area contributed by atoms with Crippen molar-refractivity contribution in [1.29, 1.82) is 0 Å². The van der Waals surface area contributed by atoms with Crippen molar-refractivity contribution >= 4 is 17.7 Å². The summed E-state index contributed by atoms with van der Waals surface area (Å²) in [5.74, 6) is -2.61. The number of rotatable bonds is 7. The number of allylic oxidation sites excluding steroid dienone is 1. The third-order valence-electron chi connectivity index (χ3n) is 4.54. The van der Waals surface area contributed by atoms with E-state index in [1.165, 1.54) is 11.1 Å². The van der Waals surface area contributed by atoms with E-state index in [1.807, 2.05) is 23.1 Å². The smallest absolute Gasteiger partial charge is 0.475 e. The van der Waals surface area contributed by atoms with E-state index in [9.17, 15) is 22.8 Å². The van der Waals surface area contributed by atoms with Crippen molar-refractivity contribution < 1.29 is 32.7 Å². The van der Waals surface area contributed by atoms with Gasteiger partial charge in [0, 0.05) is 19.5 Å². The normalized spacial score (nSPS) is 15.2. The number of alkyl halides is 3. The molecule has 6 nitrogen and oxygen atoms in total. The predicted molar refractivity (Wildman–Crippen MR) is 105 cm³/mol. The fraction of sp³-hybridized carbons (Fsp3) is 0.476. The maximum Gasteiger partial charge on any atom is 0.490 e. The Morgan fingerprint density at radius 1 is 1.20 bits per heavy atom. The van der Waals surface area contributed by atoms with Crippen LogP contribution in [0.2, 0.25) is 0 Å². The Hall–Kier alpha value is -2.68. The van der Waals surface area contributed by atoms with E-state index >= 15 is 0 Å². The highest BCUT2D eigenvalue weighted by Crippen LogP contribution is 2.23. The molecule has 1 aromatic rings. The molecule has 2 atom stereocenters. The molecule has 0 unspecified atom stereocenters. The van der Waals surface area contributed by atoms with Gasteiger partial charge in [0.25, 0.3) is 0 Å². The Bertz CT molecular complexity index is 751. The van der Waals surface area contributed by atoms with E-state index in [-0.39, 0.29) is 17.6 Å². The van der Waals surface area contributed by atoms with Crippen molar-refractivity contribution in [2.75, 3.05) is 0 Å². The van der Waals surface area contributed by atoms with Gasteiger partial charge in [0.2, 0.25) is 5.91 Å². The molecule has 1 amide bonds. The van der Waals surface area contributed by atoms with Crippen molar-refractivity contribution in [3.05, 3.63) is 47.5 Å². The topological polar surface area (TPSA) is 101 Å². The number of carbonyl (C=O) groups excluding carboxylic acids is 2. The molecular weight excluding hydrogens is 401 g/mol. The zero-order valence-corrected chi connectivity index (χ0v) is 17.0. The van der Waals surface area contributed by atoms with Crippen LogP contribution in [0.3, 0.4) is 0 Å². The summed E-state index contributed by atoms with van der Waals surface area (Å²) in [5.41, 5.74) is 8.06. The average molecular weight is 428 g/mol. The number of ketones is 1. The highest BCUT2D eigenvalue weighted by atomic mass is 19.4. The number of carboxylic acid groups (broad SMARTS) is 1. The number of halogens is 3. The highest BCUT2D eigenvalue weighted by molar-refractivity contribution is 5.88. The summed E-state index contributed by atoms with van der Waals surface area (Å²) in [4.78, 5) is 34.9. The Labute approximate surface area is 173 Å². The van der Waals surface area contributed by atoms with Gasteiger partial charge in [0.15, 0.2) is 0 Å². The van der Waals surface area contributed by atoms with Crippen molar-refractivity contribution in [1.82, 2.24) is 4.90 Å². The second-order valence-corrected chi connectivity index (χ2v) is 7.13. The van der Waals surface area contributed by atoms with Crippen molar-refractivity contribution in [3.63, 3.8) is 0 Å². The second kappa shape index (κ2) is 11.5. The fourth-order valence-electron chi connectivity index (χ4n) is 2.89. The SMILES string of the molecule is CCC[C@@H](/C=C/C(=O)N1Cc2ccccc2C1)CC(=O)[C@H](C)N.O=C(O)C(F)(F)F. The molecule has 1 heterocycles. The molecule has 2 rings (SSSR count). The molecule has 0 spiro atoms. The fourth-order valence-corrected chi connectivity index (χ4v) is 2.89. The van der Waals surface area contributed by atoms with Crippen LogP contribution in [0.25, 0.3) is 0 Å². The van der Waals surface area contributed by atoms with Gasteiger partial charge in [-0.25, -0.2) is 4.79 Å². The first-order valence-electron chi connectivity index (χ1n) is 9.58. The van der Waals surface area contributed by atoms with Crippen LogP contribution in [-0.2, 0) is 27.5 Å². The van der Waals surface area contributed by atoms with Crippen molar-refractivity contribution in [3.8, 4) is 0 Å². The van der Waals surface area contributed by atoms with Gasteiger partial charge in [-0.1, -0.05) is 43.7 Å².